The maximum atomic E-state index is 11.9. The molecule has 11 heteroatoms. The number of nitrogens with two attached hydrogens (primary N) is 1. The normalized spacial score (nSPS) is 12.6. The van der Waals surface area contributed by atoms with Gasteiger partial charge in [0.05, 0.1) is 0 Å². The van der Waals surface area contributed by atoms with Gasteiger partial charge < -0.3 is 4.74 Å². The lowest BCUT2D eigenvalue weighted by Crippen LogP contribution is -2.20. The van der Waals surface area contributed by atoms with Gasteiger partial charge in [-0.15, -0.1) is 13.2 Å². The molecule has 0 spiro atoms. The molecule has 2 N–H and O–H groups in total. The molecule has 1 aromatic heterocycles. The van der Waals surface area contributed by atoms with Crippen LogP contribution in [0.5, 0.6) is 5.88 Å². The number of hydrogen-bond acceptors (Lipinski definition) is 4. The maximum absolute atomic E-state index is 11.9. The van der Waals surface area contributed by atoms with E-state index in [1.165, 1.54) is 22.6 Å². The molecule has 0 atom stereocenters. The van der Waals surface area contributed by atoms with E-state index in [0.29, 0.717) is 0 Å². The summed E-state index contributed by atoms with van der Waals surface area (Å²) in [6.45, 7) is 0. The SMILES string of the molecule is NS(=O)(=O)c1c(Br)cc(OC(F)(F)F)nc1I. The lowest BCUT2D eigenvalue weighted by molar-refractivity contribution is -0.276. The van der Waals surface area contributed by atoms with E-state index in [-0.39, 0.29) is 8.17 Å². The number of ether oxygens (including phenoxy) is 1. The standard InChI is InChI=1S/C6H3BrF3IN2O3S/c7-2-1-3(16-6(8,9)10)13-5(11)4(2)17(12,14)15/h1H,(H2,12,14,15). The lowest BCUT2D eigenvalue weighted by atomic mass is 10.5. The van der Waals surface area contributed by atoms with Crippen LogP contribution in [0.4, 0.5) is 13.2 Å². The third-order valence-electron chi connectivity index (χ3n) is 1.37. The van der Waals surface area contributed by atoms with Crippen LogP contribution in [0.25, 0.3) is 0 Å². The predicted octanol–water partition coefficient (Wildman–Crippen LogP) is 1.99. The van der Waals surface area contributed by atoms with Crippen molar-refractivity contribution in [2.45, 2.75) is 11.3 Å². The highest BCUT2D eigenvalue weighted by molar-refractivity contribution is 14.1. The average Bonchev–Trinajstić information content (AvgIpc) is 1.94. The first-order valence-electron chi connectivity index (χ1n) is 3.65. The summed E-state index contributed by atoms with van der Waals surface area (Å²) in [6, 6.07) is 0.773. The Morgan fingerprint density at radius 2 is 2.00 bits per heavy atom. The highest BCUT2D eigenvalue weighted by Crippen LogP contribution is 2.30. The molecule has 0 saturated heterocycles. The summed E-state index contributed by atoms with van der Waals surface area (Å²) in [6.07, 6.45) is -4.90. The minimum atomic E-state index is -4.90. The van der Waals surface area contributed by atoms with E-state index in [1.54, 1.807) is 0 Å². The smallest absolute Gasteiger partial charge is 0.388 e. The second kappa shape index (κ2) is 4.85. The minimum Gasteiger partial charge on any atom is -0.388 e. The lowest BCUT2D eigenvalue weighted by Gasteiger charge is -2.10. The Hall–Kier alpha value is -0.140. The number of nitrogens with zero attached hydrogens (tertiary/aromatic N) is 1. The van der Waals surface area contributed by atoms with Crippen molar-refractivity contribution < 1.29 is 26.3 Å². The van der Waals surface area contributed by atoms with Crippen molar-refractivity contribution in [3.05, 3.63) is 14.2 Å². The molecule has 0 unspecified atom stereocenters. The van der Waals surface area contributed by atoms with Gasteiger partial charge in [-0.25, -0.2) is 18.5 Å². The summed E-state index contributed by atoms with van der Waals surface area (Å²) >= 11 is 4.23. The molecule has 0 radical (unpaired) electrons. The van der Waals surface area contributed by atoms with Crippen molar-refractivity contribution in [3.8, 4) is 5.88 Å². The van der Waals surface area contributed by atoms with Gasteiger partial charge in [-0.05, 0) is 38.5 Å². The Kier molecular flexibility index (Phi) is 4.26. The zero-order chi connectivity index (χ0) is 13.4. The van der Waals surface area contributed by atoms with Crippen LogP contribution in [0, 0.1) is 3.70 Å². The number of pyridine rings is 1. The van der Waals surface area contributed by atoms with Crippen LogP contribution in [0.3, 0.4) is 0 Å². The molecule has 0 aromatic carbocycles. The molecule has 0 saturated carbocycles. The van der Waals surface area contributed by atoms with Crippen LogP contribution in [0.15, 0.2) is 15.4 Å². The predicted molar refractivity (Wildman–Crippen MR) is 62.7 cm³/mol. The molecule has 1 aromatic rings. The van der Waals surface area contributed by atoms with Gasteiger partial charge >= 0.3 is 6.36 Å². The van der Waals surface area contributed by atoms with E-state index < -0.39 is 27.2 Å². The van der Waals surface area contributed by atoms with Crippen LogP contribution in [0.2, 0.25) is 0 Å². The number of halogens is 5. The summed E-state index contributed by atoms with van der Waals surface area (Å²) in [5, 5.41) is 4.87. The van der Waals surface area contributed by atoms with Crippen LogP contribution in [0.1, 0.15) is 0 Å². The van der Waals surface area contributed by atoms with Crippen molar-refractivity contribution in [1.29, 1.82) is 0 Å². The molecule has 0 fully saturated rings. The molecule has 1 heterocycles. The van der Waals surface area contributed by atoms with E-state index >= 15 is 0 Å². The zero-order valence-corrected chi connectivity index (χ0v) is 12.2. The molecule has 96 valence electrons. The first-order chi connectivity index (χ1) is 7.50. The fraction of sp³-hybridized carbons (Fsp3) is 0.167. The molecular formula is C6H3BrF3IN2O3S. The van der Waals surface area contributed by atoms with E-state index in [4.69, 9.17) is 5.14 Å². The van der Waals surface area contributed by atoms with Gasteiger partial charge in [-0.3, -0.25) is 0 Å². The first-order valence-corrected chi connectivity index (χ1v) is 7.07. The average molecular weight is 447 g/mol. The second-order valence-electron chi connectivity index (χ2n) is 2.66. The van der Waals surface area contributed by atoms with Gasteiger partial charge in [0.15, 0.2) is 0 Å². The van der Waals surface area contributed by atoms with E-state index in [9.17, 15) is 21.6 Å². The van der Waals surface area contributed by atoms with Crippen LogP contribution in [-0.4, -0.2) is 19.8 Å². The Bertz CT molecular complexity index is 525. The van der Waals surface area contributed by atoms with E-state index in [0.717, 1.165) is 6.07 Å². The Labute approximate surface area is 116 Å². The van der Waals surface area contributed by atoms with Gasteiger partial charge in [0.25, 0.3) is 0 Å². The number of alkyl halides is 3. The van der Waals surface area contributed by atoms with Gasteiger partial charge in [0.2, 0.25) is 15.9 Å². The fourth-order valence-corrected chi connectivity index (χ4v) is 4.37. The summed E-state index contributed by atoms with van der Waals surface area (Å²) in [4.78, 5) is 2.95. The number of primary sulfonamides is 1. The quantitative estimate of drug-likeness (QED) is 0.556. The topological polar surface area (TPSA) is 82.3 Å². The summed E-state index contributed by atoms with van der Waals surface area (Å²) < 4.78 is 61.1. The molecule has 5 nitrogen and oxygen atoms in total. The highest BCUT2D eigenvalue weighted by Gasteiger charge is 2.32. The van der Waals surface area contributed by atoms with Crippen molar-refractivity contribution in [2.24, 2.45) is 5.14 Å². The third kappa shape index (κ3) is 4.22. The van der Waals surface area contributed by atoms with Crippen LogP contribution >= 0.6 is 38.5 Å². The summed E-state index contributed by atoms with van der Waals surface area (Å²) in [5.74, 6) is -0.777. The molecule has 0 aliphatic rings. The van der Waals surface area contributed by atoms with Gasteiger partial charge in [0.1, 0.15) is 8.60 Å². The number of rotatable bonds is 2. The third-order valence-corrected chi connectivity index (χ3v) is 4.38. The minimum absolute atomic E-state index is 0.154. The molecule has 0 aliphatic heterocycles. The number of aromatic nitrogens is 1. The molecular weight excluding hydrogens is 444 g/mol. The fourth-order valence-electron chi connectivity index (χ4n) is 0.876. The van der Waals surface area contributed by atoms with Crippen LogP contribution < -0.4 is 9.88 Å². The molecule has 1 rings (SSSR count). The summed E-state index contributed by atoms with van der Waals surface area (Å²) in [5.41, 5.74) is 0. The molecule has 0 amide bonds. The monoisotopic (exact) mass is 446 g/mol. The molecule has 17 heavy (non-hydrogen) atoms. The van der Waals surface area contributed by atoms with Gasteiger partial charge in [-0.2, -0.15) is 0 Å². The van der Waals surface area contributed by atoms with Crippen molar-refractivity contribution in [1.82, 2.24) is 4.98 Å². The highest BCUT2D eigenvalue weighted by atomic mass is 127. The number of hydrogen-bond donors (Lipinski definition) is 1. The van der Waals surface area contributed by atoms with Gasteiger partial charge in [-0.1, -0.05) is 0 Å². The second-order valence-corrected chi connectivity index (χ2v) is 6.03. The summed E-state index contributed by atoms with van der Waals surface area (Å²) in [7, 11) is -4.08. The largest absolute Gasteiger partial charge is 0.574 e. The van der Waals surface area contributed by atoms with Crippen LogP contribution in [-0.2, 0) is 10.0 Å². The Balaban J connectivity index is 3.29. The number of sulfonamides is 1. The van der Waals surface area contributed by atoms with Crippen molar-refractivity contribution >= 4 is 48.5 Å². The zero-order valence-electron chi connectivity index (χ0n) is 7.62. The molecule has 0 bridgehead atoms. The maximum Gasteiger partial charge on any atom is 0.574 e. The Morgan fingerprint density at radius 3 is 2.35 bits per heavy atom. The van der Waals surface area contributed by atoms with Crippen molar-refractivity contribution in [3.63, 3.8) is 0 Å². The van der Waals surface area contributed by atoms with E-state index in [1.807, 2.05) is 0 Å². The van der Waals surface area contributed by atoms with Crippen molar-refractivity contribution in [2.75, 3.05) is 0 Å². The van der Waals surface area contributed by atoms with Gasteiger partial charge in [0, 0.05) is 10.5 Å². The molecule has 0 aliphatic carbocycles. The first kappa shape index (κ1) is 14.9. The Morgan fingerprint density at radius 1 is 1.47 bits per heavy atom. The van der Waals surface area contributed by atoms with E-state index in [2.05, 4.69) is 25.7 Å².